The third kappa shape index (κ3) is 4.26. The Hall–Kier alpha value is -3.03. The normalized spacial score (nSPS) is 20.0. The Morgan fingerprint density at radius 1 is 1.06 bits per heavy atom. The zero-order valence-electron chi connectivity index (χ0n) is 19.0. The van der Waals surface area contributed by atoms with Gasteiger partial charge in [-0.25, -0.2) is 14.4 Å². The van der Waals surface area contributed by atoms with Gasteiger partial charge in [0.15, 0.2) is 5.82 Å². The first kappa shape index (κ1) is 22.7. The van der Waals surface area contributed by atoms with Crippen molar-refractivity contribution >= 4 is 17.2 Å². The number of hydrogen-bond donors (Lipinski definition) is 1. The van der Waals surface area contributed by atoms with E-state index < -0.39 is 11.7 Å². The van der Waals surface area contributed by atoms with E-state index in [1.807, 2.05) is 6.92 Å². The Bertz CT molecular complexity index is 1210. The van der Waals surface area contributed by atoms with Crippen molar-refractivity contribution in [3.05, 3.63) is 70.0 Å². The van der Waals surface area contributed by atoms with E-state index in [4.69, 9.17) is 4.99 Å². The van der Waals surface area contributed by atoms with E-state index in [-0.39, 0.29) is 29.7 Å². The van der Waals surface area contributed by atoms with Crippen molar-refractivity contribution in [1.29, 1.82) is 0 Å². The maximum Gasteiger partial charge on any atom is 0.416 e. The van der Waals surface area contributed by atoms with Gasteiger partial charge in [0, 0.05) is 22.4 Å². The van der Waals surface area contributed by atoms with Gasteiger partial charge >= 0.3 is 6.18 Å². The highest BCUT2D eigenvalue weighted by Gasteiger charge is 2.37. The van der Waals surface area contributed by atoms with Gasteiger partial charge in [-0.15, -0.1) is 0 Å². The number of anilines is 1. The maximum absolute atomic E-state index is 14.1. The average Bonchev–Trinajstić information content (AvgIpc) is 2.98. The number of rotatable bonds is 3. The second-order valence-corrected chi connectivity index (χ2v) is 8.97. The molecule has 178 valence electrons. The Morgan fingerprint density at radius 2 is 1.88 bits per heavy atom. The molecule has 2 heterocycles. The SMILES string of the molecule is CC[C@H]1N=C(Nc2nc(C3=C(C(F)(F)F)C=CCC3)nc3c2CCCCC3)c2cc(F)ccc21. The highest BCUT2D eigenvalue weighted by molar-refractivity contribution is 6.11. The third-order valence-corrected chi connectivity index (χ3v) is 6.72. The largest absolute Gasteiger partial charge is 0.416 e. The second-order valence-electron chi connectivity index (χ2n) is 8.97. The van der Waals surface area contributed by atoms with E-state index >= 15 is 0 Å². The Balaban J connectivity index is 1.63. The Morgan fingerprint density at radius 3 is 2.68 bits per heavy atom. The molecule has 8 heteroatoms. The summed E-state index contributed by atoms with van der Waals surface area (Å²) in [5, 5.41) is 3.29. The van der Waals surface area contributed by atoms with Crippen LogP contribution in [0, 0.1) is 5.82 Å². The number of aryl methyl sites for hydroxylation is 1. The molecule has 3 aliphatic rings. The second kappa shape index (κ2) is 8.96. The minimum Gasteiger partial charge on any atom is -0.324 e. The quantitative estimate of drug-likeness (QED) is 0.393. The predicted octanol–water partition coefficient (Wildman–Crippen LogP) is 6.87. The summed E-state index contributed by atoms with van der Waals surface area (Å²) in [5.41, 5.74) is 2.75. The molecule has 1 aliphatic heterocycles. The molecule has 0 saturated carbocycles. The van der Waals surface area contributed by atoms with Crippen LogP contribution in [0.1, 0.15) is 79.7 Å². The minimum absolute atomic E-state index is 0.0963. The van der Waals surface area contributed by atoms with E-state index in [0.29, 0.717) is 30.1 Å². The van der Waals surface area contributed by atoms with Gasteiger partial charge in [0.05, 0.1) is 11.6 Å². The lowest BCUT2D eigenvalue weighted by molar-refractivity contribution is -0.0879. The summed E-state index contributed by atoms with van der Waals surface area (Å²) in [7, 11) is 0. The van der Waals surface area contributed by atoms with Crippen molar-refractivity contribution in [1.82, 2.24) is 9.97 Å². The molecular weight excluding hydrogens is 444 g/mol. The van der Waals surface area contributed by atoms with Crippen LogP contribution in [0.3, 0.4) is 0 Å². The lowest BCUT2D eigenvalue weighted by Crippen LogP contribution is -2.19. The van der Waals surface area contributed by atoms with Gasteiger partial charge in [-0.3, -0.25) is 4.99 Å². The molecule has 4 nitrogen and oxygen atoms in total. The van der Waals surface area contributed by atoms with Crippen molar-refractivity contribution < 1.29 is 17.6 Å². The van der Waals surface area contributed by atoms with Gasteiger partial charge in [0.25, 0.3) is 0 Å². The summed E-state index contributed by atoms with van der Waals surface area (Å²) in [4.78, 5) is 14.0. The van der Waals surface area contributed by atoms with Gasteiger partial charge in [-0.1, -0.05) is 31.6 Å². The zero-order valence-corrected chi connectivity index (χ0v) is 19.0. The van der Waals surface area contributed by atoms with Crippen molar-refractivity contribution in [3.63, 3.8) is 0 Å². The summed E-state index contributed by atoms with van der Waals surface area (Å²) < 4.78 is 55.3. The standard InChI is InChI=1S/C26H26F4N4/c1-2-21-16-13-12-15(27)14-19(16)25(31-21)34-24-18-9-4-3-5-11-22(18)32-23(33-24)17-8-6-7-10-20(17)26(28,29)30/h7,10,12-14,21H,2-6,8-9,11H2,1H3,(H,31,32,33,34)/t21-/m1/s1. The summed E-state index contributed by atoms with van der Waals surface area (Å²) in [6.45, 7) is 2.01. The number of halogens is 4. The number of nitrogens with one attached hydrogen (secondary N) is 1. The van der Waals surface area contributed by atoms with E-state index in [2.05, 4.69) is 15.3 Å². The average molecular weight is 471 g/mol. The Labute approximate surface area is 195 Å². The zero-order chi connectivity index (χ0) is 23.9. The van der Waals surface area contributed by atoms with Gasteiger partial charge < -0.3 is 5.32 Å². The fourth-order valence-electron chi connectivity index (χ4n) is 5.01. The molecule has 34 heavy (non-hydrogen) atoms. The van der Waals surface area contributed by atoms with Gasteiger partial charge in [0.2, 0.25) is 0 Å². The molecule has 0 fully saturated rings. The number of allylic oxidation sites excluding steroid dienone is 4. The summed E-state index contributed by atoms with van der Waals surface area (Å²) in [6, 6.07) is 4.53. The van der Waals surface area contributed by atoms with Crippen LogP contribution in [0.25, 0.3) is 5.57 Å². The molecule has 0 bridgehead atoms. The molecule has 1 aromatic carbocycles. The number of aromatic nitrogens is 2. The molecule has 1 aromatic heterocycles. The van der Waals surface area contributed by atoms with Crippen molar-refractivity contribution in [3.8, 4) is 0 Å². The van der Waals surface area contributed by atoms with E-state index in [1.54, 1.807) is 12.1 Å². The molecule has 2 aliphatic carbocycles. The first-order valence-electron chi connectivity index (χ1n) is 11.9. The molecular formula is C26H26F4N4. The molecule has 0 spiro atoms. The molecule has 0 radical (unpaired) electrons. The molecule has 1 N–H and O–H groups in total. The highest BCUT2D eigenvalue weighted by atomic mass is 19.4. The van der Waals surface area contributed by atoms with Crippen LogP contribution in [0.15, 0.2) is 40.9 Å². The van der Waals surface area contributed by atoms with Crippen LogP contribution in [-0.4, -0.2) is 22.0 Å². The van der Waals surface area contributed by atoms with Crippen LogP contribution in [0.4, 0.5) is 23.4 Å². The number of aliphatic imine (C=N–C) groups is 1. The number of fused-ring (bicyclic) bond motifs is 2. The van der Waals surface area contributed by atoms with Gasteiger partial charge in [-0.05, 0) is 62.6 Å². The summed E-state index contributed by atoms with van der Waals surface area (Å²) in [5.74, 6) is 0.744. The number of amidine groups is 1. The van der Waals surface area contributed by atoms with E-state index in [9.17, 15) is 17.6 Å². The Kier molecular flexibility index (Phi) is 6.00. The molecule has 1 atom stereocenters. The highest BCUT2D eigenvalue weighted by Crippen LogP contribution is 2.39. The van der Waals surface area contributed by atoms with Gasteiger partial charge in [0.1, 0.15) is 17.5 Å². The summed E-state index contributed by atoms with van der Waals surface area (Å²) in [6.07, 6.45) is 4.04. The minimum atomic E-state index is -4.48. The van der Waals surface area contributed by atoms with Crippen LogP contribution in [-0.2, 0) is 12.8 Å². The fourth-order valence-corrected chi connectivity index (χ4v) is 5.01. The number of alkyl halides is 3. The molecule has 5 rings (SSSR count). The van der Waals surface area contributed by atoms with Gasteiger partial charge in [-0.2, -0.15) is 13.2 Å². The summed E-state index contributed by atoms with van der Waals surface area (Å²) >= 11 is 0. The monoisotopic (exact) mass is 470 g/mol. The fraction of sp³-hybridized carbons (Fsp3) is 0.423. The molecule has 0 saturated heterocycles. The van der Waals surface area contributed by atoms with E-state index in [0.717, 1.165) is 55.0 Å². The van der Waals surface area contributed by atoms with Crippen molar-refractivity contribution in [2.24, 2.45) is 4.99 Å². The van der Waals surface area contributed by atoms with Crippen LogP contribution in [0.2, 0.25) is 0 Å². The van der Waals surface area contributed by atoms with Crippen molar-refractivity contribution in [2.75, 3.05) is 5.32 Å². The van der Waals surface area contributed by atoms with E-state index in [1.165, 1.54) is 12.1 Å². The third-order valence-electron chi connectivity index (χ3n) is 6.72. The number of benzene rings is 1. The van der Waals surface area contributed by atoms with Crippen LogP contribution < -0.4 is 5.32 Å². The maximum atomic E-state index is 14.1. The van der Waals surface area contributed by atoms with Crippen LogP contribution in [0.5, 0.6) is 0 Å². The smallest absolute Gasteiger partial charge is 0.324 e. The first-order chi connectivity index (χ1) is 16.3. The number of hydrogen-bond acceptors (Lipinski definition) is 4. The first-order valence-corrected chi connectivity index (χ1v) is 11.9. The van der Waals surface area contributed by atoms with Crippen LogP contribution >= 0.6 is 0 Å². The molecule has 0 unspecified atom stereocenters. The van der Waals surface area contributed by atoms with Crippen molar-refractivity contribution in [2.45, 2.75) is 70.5 Å². The lowest BCUT2D eigenvalue weighted by Gasteiger charge is -2.20. The lowest BCUT2D eigenvalue weighted by atomic mass is 9.96. The molecule has 2 aromatic rings. The molecule has 0 amide bonds. The topological polar surface area (TPSA) is 50.2 Å². The predicted molar refractivity (Wildman–Crippen MR) is 124 cm³/mol. The number of nitrogens with zero attached hydrogens (tertiary/aromatic N) is 3.